The molecule has 0 spiro atoms. The van der Waals surface area contributed by atoms with Gasteiger partial charge in [-0.25, -0.2) is 9.35 Å². The Labute approximate surface area is 112 Å². The number of hydrogen-bond donors (Lipinski definition) is 2. The first-order valence-corrected chi connectivity index (χ1v) is 8.07. The summed E-state index contributed by atoms with van der Waals surface area (Å²) < 4.78 is 15.7. The topological polar surface area (TPSA) is 98.5 Å². The molecule has 0 aliphatic carbocycles. The van der Waals surface area contributed by atoms with Gasteiger partial charge in [-0.2, -0.15) is 0 Å². The highest BCUT2D eigenvalue weighted by atomic mass is 32.2. The molecule has 1 rings (SSSR count). The lowest BCUT2D eigenvalue weighted by atomic mass is 10.0. The molecule has 0 aliphatic heterocycles. The number of nitrogens with zero attached hydrogens (tertiary/aromatic N) is 1. The Bertz CT molecular complexity index is 542. The molecule has 4 N–H and O–H groups in total. The van der Waals surface area contributed by atoms with Crippen molar-refractivity contribution < 1.29 is 9.00 Å². The smallest absolute Gasteiger partial charge is 0.271 e. The van der Waals surface area contributed by atoms with Gasteiger partial charge in [-0.1, -0.05) is 13.8 Å². The van der Waals surface area contributed by atoms with Crippen LogP contribution in [0.4, 0.5) is 0 Å². The quantitative estimate of drug-likeness (QED) is 0.881. The van der Waals surface area contributed by atoms with E-state index in [1.165, 1.54) is 11.3 Å². The van der Waals surface area contributed by atoms with Crippen LogP contribution in [0.15, 0.2) is 20.7 Å². The minimum atomic E-state index is -3.16. The molecule has 7 heteroatoms. The first kappa shape index (κ1) is 15.3. The highest BCUT2D eigenvalue weighted by Gasteiger charge is 2.18. The average molecular weight is 289 g/mol. The summed E-state index contributed by atoms with van der Waals surface area (Å²) in [7, 11) is -3.16. The third-order valence-electron chi connectivity index (χ3n) is 2.31. The molecule has 5 nitrogen and oxygen atoms in total. The number of rotatable bonds is 4. The van der Waals surface area contributed by atoms with Crippen molar-refractivity contribution in [2.24, 2.45) is 21.2 Å². The molecule has 0 aromatic carbocycles. The van der Waals surface area contributed by atoms with E-state index in [1.807, 2.05) is 20.8 Å². The van der Waals surface area contributed by atoms with E-state index in [4.69, 9.17) is 10.9 Å². The van der Waals surface area contributed by atoms with Crippen LogP contribution in [0.5, 0.6) is 0 Å². The molecule has 0 bridgehead atoms. The first-order chi connectivity index (χ1) is 8.22. The molecular weight excluding hydrogens is 270 g/mol. The van der Waals surface area contributed by atoms with Crippen LogP contribution in [0, 0.1) is 12.8 Å². The third-order valence-corrected chi connectivity index (χ3v) is 4.69. The second-order valence-corrected chi connectivity index (χ2v) is 7.53. The summed E-state index contributed by atoms with van der Waals surface area (Å²) in [5.41, 5.74) is 5.69. The van der Waals surface area contributed by atoms with Gasteiger partial charge < -0.3 is 5.73 Å². The molecule has 18 heavy (non-hydrogen) atoms. The number of carbonyl (C=O) groups is 1. The van der Waals surface area contributed by atoms with Crippen molar-refractivity contribution in [1.29, 1.82) is 0 Å². The maximum atomic E-state index is 12.1. The molecule has 1 aromatic rings. The molecule has 0 saturated heterocycles. The molecule has 0 saturated carbocycles. The van der Waals surface area contributed by atoms with Crippen LogP contribution in [-0.2, 0) is 14.7 Å². The Kier molecular flexibility index (Phi) is 5.03. The Hall–Kier alpha value is -0.760. The largest absolute Gasteiger partial charge is 0.320 e. The van der Waals surface area contributed by atoms with Gasteiger partial charge >= 0.3 is 0 Å². The minimum Gasteiger partial charge on any atom is -0.320 e. The van der Waals surface area contributed by atoms with Crippen LogP contribution in [-0.4, -0.2) is 16.2 Å². The van der Waals surface area contributed by atoms with Crippen LogP contribution in [0.3, 0.4) is 0 Å². The van der Waals surface area contributed by atoms with Crippen LogP contribution < -0.4 is 10.9 Å². The lowest BCUT2D eigenvalue weighted by Crippen LogP contribution is -2.32. The first-order valence-electron chi connectivity index (χ1n) is 5.62. The zero-order valence-electron chi connectivity index (χ0n) is 10.8. The molecule has 0 aliphatic rings. The maximum absolute atomic E-state index is 12.1. The van der Waals surface area contributed by atoms with Gasteiger partial charge in [0.15, 0.2) is 0 Å². The number of nitrogens with two attached hydrogens (primary N) is 2. The van der Waals surface area contributed by atoms with Gasteiger partial charge in [0.1, 0.15) is 9.92 Å². The summed E-state index contributed by atoms with van der Waals surface area (Å²) in [5, 5.41) is 7.27. The highest BCUT2D eigenvalue weighted by Crippen LogP contribution is 2.18. The predicted octanol–water partition coefficient (Wildman–Crippen LogP) is 1.66. The molecular formula is C11H19N3O2S2. The van der Waals surface area contributed by atoms with Gasteiger partial charge in [-0.05, 0) is 25.3 Å². The molecule has 102 valence electrons. The fraction of sp³-hybridized carbons (Fsp3) is 0.545. The van der Waals surface area contributed by atoms with Crippen LogP contribution in [0.1, 0.15) is 25.1 Å². The fourth-order valence-corrected chi connectivity index (χ4v) is 3.62. The minimum absolute atomic E-state index is 0.274. The zero-order valence-corrected chi connectivity index (χ0v) is 12.4. The van der Waals surface area contributed by atoms with Gasteiger partial charge in [-0.3, -0.25) is 4.79 Å². The van der Waals surface area contributed by atoms with E-state index in [-0.39, 0.29) is 5.92 Å². The van der Waals surface area contributed by atoms with E-state index < -0.39 is 21.9 Å². The van der Waals surface area contributed by atoms with Crippen molar-refractivity contribution in [2.45, 2.75) is 38.1 Å². The van der Waals surface area contributed by atoms with E-state index in [2.05, 4.69) is 4.36 Å². The molecule has 0 fully saturated rings. The SMILES string of the molecule is Cc1cc(S(N)(=O)=NC(=O)[C@@H](N)CC(C)C)cs1. The number of amides is 1. The van der Waals surface area contributed by atoms with Gasteiger partial charge in [0.25, 0.3) is 5.91 Å². The van der Waals surface area contributed by atoms with Crippen molar-refractivity contribution in [1.82, 2.24) is 0 Å². The van der Waals surface area contributed by atoms with Crippen molar-refractivity contribution in [3.05, 3.63) is 16.3 Å². The standard InChI is InChI=1S/C11H19N3O2S2/c1-7(2)4-10(12)11(15)14-18(13,16)9-5-8(3)17-6-9/h5-7,10H,4,12H2,1-3H3,(H2,13,14,15,16)/t10-,18?/m0/s1. The van der Waals surface area contributed by atoms with Crippen molar-refractivity contribution in [3.8, 4) is 0 Å². The predicted molar refractivity (Wildman–Crippen MR) is 74.5 cm³/mol. The van der Waals surface area contributed by atoms with E-state index >= 15 is 0 Å². The molecule has 1 heterocycles. The summed E-state index contributed by atoms with van der Waals surface area (Å²) >= 11 is 1.42. The molecule has 1 unspecified atom stereocenters. The van der Waals surface area contributed by atoms with E-state index in [9.17, 15) is 9.00 Å². The van der Waals surface area contributed by atoms with E-state index in [1.54, 1.807) is 11.4 Å². The van der Waals surface area contributed by atoms with E-state index in [0.717, 1.165) is 4.88 Å². The molecule has 0 radical (unpaired) electrons. The summed E-state index contributed by atoms with van der Waals surface area (Å²) in [6.07, 6.45) is 0.501. The van der Waals surface area contributed by atoms with Gasteiger partial charge in [-0.15, -0.1) is 15.7 Å². The molecule has 1 amide bonds. The highest BCUT2D eigenvalue weighted by molar-refractivity contribution is 7.91. The van der Waals surface area contributed by atoms with Gasteiger partial charge in [0.2, 0.25) is 0 Å². The fourth-order valence-electron chi connectivity index (χ4n) is 1.44. The summed E-state index contributed by atoms with van der Waals surface area (Å²) in [4.78, 5) is 13.1. The Morgan fingerprint density at radius 3 is 2.61 bits per heavy atom. The van der Waals surface area contributed by atoms with Crippen LogP contribution in [0.2, 0.25) is 0 Å². The average Bonchev–Trinajstić information content (AvgIpc) is 2.63. The summed E-state index contributed by atoms with van der Waals surface area (Å²) in [6.45, 7) is 5.78. The van der Waals surface area contributed by atoms with Gasteiger partial charge in [0, 0.05) is 10.3 Å². The van der Waals surface area contributed by atoms with Crippen molar-refractivity contribution in [3.63, 3.8) is 0 Å². The third kappa shape index (κ3) is 4.16. The summed E-state index contributed by atoms with van der Waals surface area (Å²) in [5.74, 6) is -0.323. The van der Waals surface area contributed by atoms with Crippen LogP contribution >= 0.6 is 11.3 Å². The van der Waals surface area contributed by atoms with Crippen molar-refractivity contribution >= 4 is 27.2 Å². The zero-order chi connectivity index (χ0) is 13.9. The Balaban J connectivity index is 2.94. The molecule has 2 atom stereocenters. The van der Waals surface area contributed by atoms with Crippen LogP contribution in [0.25, 0.3) is 0 Å². The lowest BCUT2D eigenvalue weighted by Gasteiger charge is -2.10. The van der Waals surface area contributed by atoms with Crippen molar-refractivity contribution in [2.75, 3.05) is 0 Å². The monoisotopic (exact) mass is 289 g/mol. The van der Waals surface area contributed by atoms with E-state index in [0.29, 0.717) is 11.3 Å². The maximum Gasteiger partial charge on any atom is 0.271 e. The number of aryl methyl sites for hydroxylation is 1. The Morgan fingerprint density at radius 2 is 2.17 bits per heavy atom. The Morgan fingerprint density at radius 1 is 1.56 bits per heavy atom. The van der Waals surface area contributed by atoms with Gasteiger partial charge in [0.05, 0.1) is 10.9 Å². The normalized spacial score (nSPS) is 16.3. The molecule has 1 aromatic heterocycles. The second kappa shape index (κ2) is 5.92. The second-order valence-electron chi connectivity index (χ2n) is 4.63. The summed E-state index contributed by atoms with van der Waals surface area (Å²) in [6, 6.07) is 0.937. The number of hydrogen-bond acceptors (Lipinski definition) is 4. The lowest BCUT2D eigenvalue weighted by molar-refractivity contribution is -0.119. The number of thiophene rings is 1. The number of carbonyl (C=O) groups excluding carboxylic acids is 1.